The van der Waals surface area contributed by atoms with E-state index in [1.54, 1.807) is 0 Å². The van der Waals surface area contributed by atoms with Crippen LogP contribution in [0.25, 0.3) is 0 Å². The molecule has 1 amide bonds. The van der Waals surface area contributed by atoms with Crippen molar-refractivity contribution >= 4 is 5.91 Å². The van der Waals surface area contributed by atoms with Crippen molar-refractivity contribution in [2.24, 2.45) is 0 Å². The quantitative estimate of drug-likeness (QED) is 0.879. The molecule has 1 aliphatic rings. The molecule has 0 saturated heterocycles. The molecule has 5 nitrogen and oxygen atoms in total. The van der Waals surface area contributed by atoms with Crippen molar-refractivity contribution in [3.05, 3.63) is 59.3 Å². The molecule has 1 heterocycles. The Bertz CT molecular complexity index is 739. The van der Waals surface area contributed by atoms with Crippen LogP contribution in [0.15, 0.2) is 42.5 Å². The van der Waals surface area contributed by atoms with Crippen molar-refractivity contribution in [2.75, 3.05) is 6.61 Å². The number of nitrogens with zero attached hydrogens (tertiary/aromatic N) is 1. The van der Waals surface area contributed by atoms with Crippen molar-refractivity contribution in [1.82, 2.24) is 10.3 Å². The first-order valence-electron chi connectivity index (χ1n) is 7.49. The molecular weight excluding hydrogens is 318 g/mol. The number of amides is 1. The topological polar surface area (TPSA) is 71.5 Å². The Morgan fingerprint density at radius 3 is 2.88 bits per heavy atom. The first-order valence-corrected chi connectivity index (χ1v) is 7.49. The standard InChI is InChI=1S/C17H16F2N2O3/c18-14(19)9-24-15-7-3-6-12(20-15)17(23)21-16-11-5-2-1-4-10(11)8-13(16)22/h1-7,13-14,16,22H,8-9H2,(H,21,23). The average Bonchev–Trinajstić information content (AvgIpc) is 2.89. The zero-order valence-electron chi connectivity index (χ0n) is 12.7. The van der Waals surface area contributed by atoms with Crippen molar-refractivity contribution in [1.29, 1.82) is 0 Å². The first kappa shape index (κ1) is 16.3. The largest absolute Gasteiger partial charge is 0.472 e. The summed E-state index contributed by atoms with van der Waals surface area (Å²) in [5, 5.41) is 12.9. The van der Waals surface area contributed by atoms with Crippen molar-refractivity contribution in [2.45, 2.75) is 25.0 Å². The van der Waals surface area contributed by atoms with Crippen molar-refractivity contribution < 1.29 is 23.4 Å². The number of nitrogens with one attached hydrogen (secondary N) is 1. The maximum absolute atomic E-state index is 12.4. The highest BCUT2D eigenvalue weighted by Gasteiger charge is 2.32. The third-order valence-electron chi connectivity index (χ3n) is 3.80. The summed E-state index contributed by atoms with van der Waals surface area (Å²) in [4.78, 5) is 16.3. The van der Waals surface area contributed by atoms with Gasteiger partial charge in [0.25, 0.3) is 12.3 Å². The van der Waals surface area contributed by atoms with E-state index in [-0.39, 0.29) is 11.6 Å². The third kappa shape index (κ3) is 3.51. The second-order valence-corrected chi connectivity index (χ2v) is 5.48. The molecule has 0 fully saturated rings. The Balaban J connectivity index is 1.72. The summed E-state index contributed by atoms with van der Waals surface area (Å²) in [6.07, 6.45) is -2.87. The highest BCUT2D eigenvalue weighted by Crippen LogP contribution is 2.31. The van der Waals surface area contributed by atoms with E-state index < -0.39 is 31.1 Å². The summed E-state index contributed by atoms with van der Waals surface area (Å²) >= 11 is 0. The molecule has 3 rings (SSSR count). The predicted molar refractivity (Wildman–Crippen MR) is 82.1 cm³/mol. The number of benzene rings is 1. The molecule has 0 spiro atoms. The number of halogens is 2. The molecule has 1 aromatic heterocycles. The number of fused-ring (bicyclic) bond motifs is 1. The number of hydrogen-bond donors (Lipinski definition) is 2. The summed E-state index contributed by atoms with van der Waals surface area (Å²) in [6.45, 7) is -0.785. The molecule has 2 unspecified atom stereocenters. The number of aromatic nitrogens is 1. The van der Waals surface area contributed by atoms with Crippen LogP contribution in [0.5, 0.6) is 5.88 Å². The van der Waals surface area contributed by atoms with Crippen LogP contribution in [0.1, 0.15) is 27.7 Å². The van der Waals surface area contributed by atoms with Crippen LogP contribution in [0.3, 0.4) is 0 Å². The summed E-state index contributed by atoms with van der Waals surface area (Å²) in [7, 11) is 0. The van der Waals surface area contributed by atoms with Crippen molar-refractivity contribution in [3.8, 4) is 5.88 Å². The zero-order valence-corrected chi connectivity index (χ0v) is 12.7. The van der Waals surface area contributed by atoms with E-state index in [1.165, 1.54) is 18.2 Å². The Morgan fingerprint density at radius 1 is 1.29 bits per heavy atom. The van der Waals surface area contributed by atoms with E-state index >= 15 is 0 Å². The minimum Gasteiger partial charge on any atom is -0.472 e. The van der Waals surface area contributed by atoms with Gasteiger partial charge in [0.1, 0.15) is 5.69 Å². The Kier molecular flexibility index (Phi) is 4.71. The molecule has 7 heteroatoms. The van der Waals surface area contributed by atoms with Crippen LogP contribution < -0.4 is 10.1 Å². The average molecular weight is 334 g/mol. The van der Waals surface area contributed by atoms with Gasteiger partial charge in [0, 0.05) is 12.5 Å². The smallest absolute Gasteiger partial charge is 0.272 e. The van der Waals surface area contributed by atoms with E-state index in [1.807, 2.05) is 24.3 Å². The number of aliphatic hydroxyl groups excluding tert-OH is 1. The van der Waals surface area contributed by atoms with Crippen LogP contribution in [0.2, 0.25) is 0 Å². The molecule has 2 N–H and O–H groups in total. The number of rotatable bonds is 5. The highest BCUT2D eigenvalue weighted by atomic mass is 19.3. The Labute approximate surface area is 137 Å². The summed E-state index contributed by atoms with van der Waals surface area (Å²) in [5.41, 5.74) is 1.89. The molecule has 0 saturated carbocycles. The summed E-state index contributed by atoms with van der Waals surface area (Å²) < 4.78 is 29.2. The monoisotopic (exact) mass is 334 g/mol. The van der Waals surface area contributed by atoms with Gasteiger partial charge in [0.2, 0.25) is 5.88 Å². The van der Waals surface area contributed by atoms with Gasteiger partial charge in [-0.15, -0.1) is 0 Å². The molecule has 2 atom stereocenters. The fourth-order valence-corrected chi connectivity index (χ4v) is 2.73. The molecular formula is C17H16F2N2O3. The number of aliphatic hydroxyl groups is 1. The lowest BCUT2D eigenvalue weighted by Gasteiger charge is -2.17. The van der Waals surface area contributed by atoms with E-state index in [0.717, 1.165) is 11.1 Å². The van der Waals surface area contributed by atoms with Gasteiger partial charge in [0.15, 0.2) is 6.61 Å². The number of pyridine rings is 1. The first-order chi connectivity index (χ1) is 11.5. The molecule has 1 aromatic carbocycles. The van der Waals surface area contributed by atoms with E-state index in [0.29, 0.717) is 6.42 Å². The molecule has 0 bridgehead atoms. The Morgan fingerprint density at radius 2 is 2.08 bits per heavy atom. The second-order valence-electron chi connectivity index (χ2n) is 5.48. The summed E-state index contributed by atoms with van der Waals surface area (Å²) in [5.74, 6) is -0.548. The van der Waals surface area contributed by atoms with Gasteiger partial charge in [-0.3, -0.25) is 4.79 Å². The maximum atomic E-state index is 12.4. The van der Waals surface area contributed by atoms with Crippen molar-refractivity contribution in [3.63, 3.8) is 0 Å². The number of hydrogen-bond acceptors (Lipinski definition) is 4. The zero-order chi connectivity index (χ0) is 17.1. The molecule has 2 aromatic rings. The van der Waals surface area contributed by atoms with Crippen LogP contribution in [0.4, 0.5) is 8.78 Å². The van der Waals surface area contributed by atoms with Gasteiger partial charge in [-0.25, -0.2) is 13.8 Å². The fourth-order valence-electron chi connectivity index (χ4n) is 2.73. The van der Waals surface area contributed by atoms with E-state index in [9.17, 15) is 18.7 Å². The van der Waals surface area contributed by atoms with Gasteiger partial charge >= 0.3 is 0 Å². The number of alkyl halides is 2. The normalized spacial score (nSPS) is 19.2. The van der Waals surface area contributed by atoms with E-state index in [2.05, 4.69) is 10.3 Å². The van der Waals surface area contributed by atoms with Crippen LogP contribution >= 0.6 is 0 Å². The molecule has 0 radical (unpaired) electrons. The second kappa shape index (κ2) is 6.92. The van der Waals surface area contributed by atoms with Gasteiger partial charge in [0.05, 0.1) is 12.1 Å². The minimum absolute atomic E-state index is 0.0401. The lowest BCUT2D eigenvalue weighted by Crippen LogP contribution is -2.34. The van der Waals surface area contributed by atoms with Gasteiger partial charge in [-0.1, -0.05) is 30.3 Å². The predicted octanol–water partition coefficient (Wildman–Crippen LogP) is 2.11. The number of ether oxygens (including phenoxy) is 1. The SMILES string of the molecule is O=C(NC1c2ccccc2CC1O)c1cccc(OCC(F)F)n1. The Hall–Kier alpha value is -2.54. The minimum atomic E-state index is -2.62. The van der Waals surface area contributed by atoms with E-state index in [4.69, 9.17) is 4.74 Å². The molecule has 0 aliphatic heterocycles. The van der Waals surface area contributed by atoms with Crippen LogP contribution in [-0.4, -0.2) is 35.1 Å². The summed E-state index contributed by atoms with van der Waals surface area (Å²) in [6, 6.07) is 11.3. The maximum Gasteiger partial charge on any atom is 0.272 e. The molecule has 1 aliphatic carbocycles. The number of carbonyl (C=O) groups excluding carboxylic acids is 1. The number of carbonyl (C=O) groups is 1. The van der Waals surface area contributed by atoms with Crippen LogP contribution in [0, 0.1) is 0 Å². The fraction of sp³-hybridized carbons (Fsp3) is 0.294. The van der Waals surface area contributed by atoms with Gasteiger partial charge in [-0.2, -0.15) is 0 Å². The van der Waals surface area contributed by atoms with Gasteiger partial charge < -0.3 is 15.2 Å². The van der Waals surface area contributed by atoms with Gasteiger partial charge in [-0.05, 0) is 17.2 Å². The molecule has 126 valence electrons. The third-order valence-corrected chi connectivity index (χ3v) is 3.80. The van der Waals surface area contributed by atoms with Crippen LogP contribution in [-0.2, 0) is 6.42 Å². The lowest BCUT2D eigenvalue weighted by molar-refractivity contribution is 0.0787. The molecule has 24 heavy (non-hydrogen) atoms. The highest BCUT2D eigenvalue weighted by molar-refractivity contribution is 5.92. The lowest BCUT2D eigenvalue weighted by atomic mass is 10.1.